The van der Waals surface area contributed by atoms with E-state index in [2.05, 4.69) is 34.7 Å². The van der Waals surface area contributed by atoms with Gasteiger partial charge >= 0.3 is 0 Å². The molecule has 0 aliphatic heterocycles. The number of carbonyl (C=O) groups excluding carboxylic acids is 1. The van der Waals surface area contributed by atoms with E-state index < -0.39 is 0 Å². The van der Waals surface area contributed by atoms with Gasteiger partial charge in [-0.2, -0.15) is 5.10 Å². The van der Waals surface area contributed by atoms with Crippen LogP contribution in [0.4, 0.5) is 5.69 Å². The maximum absolute atomic E-state index is 12.6. The van der Waals surface area contributed by atoms with Gasteiger partial charge in [-0.15, -0.1) is 11.3 Å². The SMILES string of the molecule is COCCn1cc(NC(=O)c2cc3c(s2)-c2ccccc2CC3)cn1. The molecule has 0 saturated carbocycles. The van der Waals surface area contributed by atoms with E-state index in [4.69, 9.17) is 4.74 Å². The summed E-state index contributed by atoms with van der Waals surface area (Å²) in [6, 6.07) is 10.5. The van der Waals surface area contributed by atoms with Gasteiger partial charge in [0.25, 0.3) is 5.91 Å². The molecule has 1 amide bonds. The Morgan fingerprint density at radius 2 is 2.16 bits per heavy atom. The Morgan fingerprint density at radius 3 is 3.04 bits per heavy atom. The second kappa shape index (κ2) is 6.82. The molecule has 0 bridgehead atoms. The molecule has 1 aliphatic rings. The normalized spacial score (nSPS) is 12.5. The molecule has 3 aromatic rings. The maximum Gasteiger partial charge on any atom is 0.265 e. The van der Waals surface area contributed by atoms with E-state index >= 15 is 0 Å². The molecule has 6 heteroatoms. The minimum atomic E-state index is -0.0804. The molecular formula is C19H19N3O2S. The van der Waals surface area contributed by atoms with Crippen molar-refractivity contribution >= 4 is 22.9 Å². The number of benzene rings is 1. The number of carbonyl (C=O) groups is 1. The summed E-state index contributed by atoms with van der Waals surface area (Å²) in [4.78, 5) is 14.6. The summed E-state index contributed by atoms with van der Waals surface area (Å²) in [7, 11) is 1.66. The van der Waals surface area contributed by atoms with Crippen LogP contribution < -0.4 is 5.32 Å². The molecule has 0 atom stereocenters. The third kappa shape index (κ3) is 3.23. The number of nitrogens with one attached hydrogen (secondary N) is 1. The van der Waals surface area contributed by atoms with Crippen molar-refractivity contribution in [1.29, 1.82) is 0 Å². The van der Waals surface area contributed by atoms with Gasteiger partial charge in [0.2, 0.25) is 0 Å². The van der Waals surface area contributed by atoms with E-state index in [9.17, 15) is 4.79 Å². The molecular weight excluding hydrogens is 334 g/mol. The van der Waals surface area contributed by atoms with Gasteiger partial charge in [-0.25, -0.2) is 0 Å². The van der Waals surface area contributed by atoms with E-state index in [1.54, 1.807) is 29.3 Å². The molecule has 0 fully saturated rings. The van der Waals surface area contributed by atoms with Crippen LogP contribution in [-0.2, 0) is 24.1 Å². The number of amides is 1. The standard InChI is InChI=1S/C19H19N3O2S/c1-24-9-8-22-12-15(11-20-22)21-19(23)17-10-14-7-6-13-4-2-3-5-16(13)18(14)25-17/h2-5,10-12H,6-9H2,1H3,(H,21,23). The molecule has 0 radical (unpaired) electrons. The predicted octanol–water partition coefficient (Wildman–Crippen LogP) is 3.61. The van der Waals surface area contributed by atoms with Crippen molar-refractivity contribution < 1.29 is 9.53 Å². The first-order valence-corrected chi connectivity index (χ1v) is 9.10. The fraction of sp³-hybridized carbons (Fsp3) is 0.263. The highest BCUT2D eigenvalue weighted by Crippen LogP contribution is 2.39. The van der Waals surface area contributed by atoms with Crippen LogP contribution >= 0.6 is 11.3 Å². The van der Waals surface area contributed by atoms with Crippen molar-refractivity contribution in [1.82, 2.24) is 9.78 Å². The van der Waals surface area contributed by atoms with Crippen LogP contribution in [0.25, 0.3) is 10.4 Å². The molecule has 5 nitrogen and oxygen atoms in total. The van der Waals surface area contributed by atoms with Crippen molar-refractivity contribution in [3.63, 3.8) is 0 Å². The van der Waals surface area contributed by atoms with Crippen molar-refractivity contribution in [3.8, 4) is 10.4 Å². The molecule has 0 spiro atoms. The number of aromatic nitrogens is 2. The molecule has 1 aromatic carbocycles. The summed E-state index contributed by atoms with van der Waals surface area (Å²) >= 11 is 1.57. The third-order valence-corrected chi connectivity index (χ3v) is 5.58. The van der Waals surface area contributed by atoms with Gasteiger partial charge in [-0.3, -0.25) is 9.48 Å². The fourth-order valence-electron chi connectivity index (χ4n) is 3.11. The summed E-state index contributed by atoms with van der Waals surface area (Å²) in [6.45, 7) is 1.25. The van der Waals surface area contributed by atoms with Gasteiger partial charge in [0.1, 0.15) is 0 Å². The Morgan fingerprint density at radius 1 is 1.32 bits per heavy atom. The van der Waals surface area contributed by atoms with E-state index in [-0.39, 0.29) is 5.91 Å². The molecule has 1 aliphatic carbocycles. The Hall–Kier alpha value is -2.44. The zero-order valence-corrected chi connectivity index (χ0v) is 14.8. The van der Waals surface area contributed by atoms with Crippen molar-refractivity contribution in [2.45, 2.75) is 19.4 Å². The lowest BCUT2D eigenvalue weighted by Crippen LogP contribution is -2.09. The molecule has 0 unspecified atom stereocenters. The van der Waals surface area contributed by atoms with Gasteiger partial charge in [0, 0.05) is 18.2 Å². The quantitative estimate of drug-likeness (QED) is 0.762. The lowest BCUT2D eigenvalue weighted by Gasteiger charge is -2.15. The fourth-order valence-corrected chi connectivity index (χ4v) is 4.28. The zero-order valence-electron chi connectivity index (χ0n) is 14.0. The van der Waals surface area contributed by atoms with Crippen molar-refractivity contribution in [3.05, 3.63) is 58.7 Å². The van der Waals surface area contributed by atoms with E-state index in [1.807, 2.05) is 12.3 Å². The molecule has 1 N–H and O–H groups in total. The third-order valence-electron chi connectivity index (χ3n) is 4.37. The van der Waals surface area contributed by atoms with Gasteiger partial charge in [-0.1, -0.05) is 24.3 Å². The molecule has 0 saturated heterocycles. The van der Waals surface area contributed by atoms with Crippen LogP contribution in [0.5, 0.6) is 0 Å². The van der Waals surface area contributed by atoms with Gasteiger partial charge in [0.15, 0.2) is 0 Å². The van der Waals surface area contributed by atoms with Crippen LogP contribution in [0.1, 0.15) is 20.8 Å². The number of anilines is 1. The molecule has 4 rings (SSSR count). The number of hydrogen-bond donors (Lipinski definition) is 1. The van der Waals surface area contributed by atoms with Gasteiger partial charge in [0.05, 0.1) is 29.9 Å². The minimum Gasteiger partial charge on any atom is -0.383 e. The Balaban J connectivity index is 1.52. The maximum atomic E-state index is 12.6. The topological polar surface area (TPSA) is 56.1 Å². The smallest absolute Gasteiger partial charge is 0.265 e. The Labute approximate surface area is 150 Å². The summed E-state index contributed by atoms with van der Waals surface area (Å²) in [5.74, 6) is -0.0804. The predicted molar refractivity (Wildman–Crippen MR) is 99.2 cm³/mol. The largest absolute Gasteiger partial charge is 0.383 e. The first kappa shape index (κ1) is 16.1. The summed E-state index contributed by atoms with van der Waals surface area (Å²) in [5, 5.41) is 7.16. The molecule has 25 heavy (non-hydrogen) atoms. The van der Waals surface area contributed by atoms with E-state index in [0.29, 0.717) is 18.8 Å². The van der Waals surface area contributed by atoms with Crippen LogP contribution in [0.3, 0.4) is 0 Å². The number of methoxy groups -OCH3 is 1. The Kier molecular flexibility index (Phi) is 4.38. The first-order valence-electron chi connectivity index (χ1n) is 8.28. The summed E-state index contributed by atoms with van der Waals surface area (Å²) < 4.78 is 6.79. The van der Waals surface area contributed by atoms with Crippen LogP contribution in [-0.4, -0.2) is 29.4 Å². The average molecular weight is 353 g/mol. The van der Waals surface area contributed by atoms with Crippen molar-refractivity contribution in [2.24, 2.45) is 0 Å². The second-order valence-corrected chi connectivity index (χ2v) is 7.11. The highest BCUT2D eigenvalue weighted by molar-refractivity contribution is 7.17. The zero-order chi connectivity index (χ0) is 17.2. The highest BCUT2D eigenvalue weighted by Gasteiger charge is 2.21. The van der Waals surface area contributed by atoms with Gasteiger partial charge < -0.3 is 10.1 Å². The lowest BCUT2D eigenvalue weighted by atomic mass is 9.91. The monoisotopic (exact) mass is 353 g/mol. The highest BCUT2D eigenvalue weighted by atomic mass is 32.1. The van der Waals surface area contributed by atoms with Crippen LogP contribution in [0, 0.1) is 0 Å². The number of aryl methyl sites for hydroxylation is 2. The molecule has 2 aromatic heterocycles. The van der Waals surface area contributed by atoms with Crippen molar-refractivity contribution in [2.75, 3.05) is 19.0 Å². The summed E-state index contributed by atoms with van der Waals surface area (Å²) in [5.41, 5.74) is 4.60. The van der Waals surface area contributed by atoms with Crippen LogP contribution in [0.15, 0.2) is 42.7 Å². The van der Waals surface area contributed by atoms with E-state index in [0.717, 1.165) is 17.7 Å². The van der Waals surface area contributed by atoms with Gasteiger partial charge in [-0.05, 0) is 35.6 Å². The number of hydrogen-bond acceptors (Lipinski definition) is 4. The number of thiophene rings is 1. The number of ether oxygens (including phenoxy) is 1. The first-order chi connectivity index (χ1) is 12.2. The number of nitrogens with zero attached hydrogens (tertiary/aromatic N) is 2. The lowest BCUT2D eigenvalue weighted by molar-refractivity contribution is 0.103. The number of rotatable bonds is 5. The minimum absolute atomic E-state index is 0.0804. The number of fused-ring (bicyclic) bond motifs is 3. The molecule has 128 valence electrons. The average Bonchev–Trinajstić information content (AvgIpc) is 3.26. The van der Waals surface area contributed by atoms with Crippen LogP contribution in [0.2, 0.25) is 0 Å². The Bertz CT molecular complexity index is 913. The summed E-state index contributed by atoms with van der Waals surface area (Å²) in [6.07, 6.45) is 5.51. The van der Waals surface area contributed by atoms with E-state index in [1.165, 1.54) is 21.6 Å². The second-order valence-electron chi connectivity index (χ2n) is 6.06. The molecule has 2 heterocycles.